The highest BCUT2D eigenvalue weighted by atomic mass is 16.5. The molecule has 0 saturated carbocycles. The van der Waals surface area contributed by atoms with Crippen molar-refractivity contribution < 1.29 is 9.47 Å². The second-order valence-corrected chi connectivity index (χ2v) is 4.26. The van der Waals surface area contributed by atoms with Crippen molar-refractivity contribution in [1.29, 1.82) is 0 Å². The lowest BCUT2D eigenvalue weighted by Crippen LogP contribution is -2.23. The van der Waals surface area contributed by atoms with Crippen molar-refractivity contribution in [3.05, 3.63) is 23.9 Å². The first-order chi connectivity index (χ1) is 8.74. The third kappa shape index (κ3) is 5.95. The Morgan fingerprint density at radius 3 is 2.89 bits per heavy atom. The molecular formula is C13H23N3O2. The highest BCUT2D eigenvalue weighted by Gasteiger charge is 2.01. The molecule has 0 fully saturated rings. The van der Waals surface area contributed by atoms with Gasteiger partial charge in [-0.2, -0.15) is 0 Å². The van der Waals surface area contributed by atoms with Gasteiger partial charge in [0, 0.05) is 31.4 Å². The van der Waals surface area contributed by atoms with E-state index in [0.29, 0.717) is 5.88 Å². The molecule has 0 spiro atoms. The van der Waals surface area contributed by atoms with Gasteiger partial charge in [0.05, 0.1) is 20.3 Å². The molecule has 1 rings (SSSR count). The molecule has 1 N–H and O–H groups in total. The number of methoxy groups -OCH3 is 1. The molecule has 0 unspecified atom stereocenters. The minimum Gasteiger partial charge on any atom is -0.481 e. The van der Waals surface area contributed by atoms with E-state index < -0.39 is 0 Å². The topological polar surface area (TPSA) is 46.6 Å². The van der Waals surface area contributed by atoms with E-state index in [1.54, 1.807) is 13.3 Å². The summed E-state index contributed by atoms with van der Waals surface area (Å²) in [5, 5.41) is 3.31. The second-order valence-electron chi connectivity index (χ2n) is 4.26. The van der Waals surface area contributed by atoms with Crippen LogP contribution in [0.25, 0.3) is 0 Å². The third-order valence-electron chi connectivity index (χ3n) is 2.46. The van der Waals surface area contributed by atoms with Crippen molar-refractivity contribution in [3.63, 3.8) is 0 Å². The Balaban J connectivity index is 2.10. The summed E-state index contributed by atoms with van der Waals surface area (Å²) < 4.78 is 10.7. The van der Waals surface area contributed by atoms with Gasteiger partial charge >= 0.3 is 0 Å². The first kappa shape index (κ1) is 14.9. The van der Waals surface area contributed by atoms with Crippen LogP contribution in [-0.2, 0) is 11.3 Å². The number of aromatic nitrogens is 1. The van der Waals surface area contributed by atoms with Gasteiger partial charge in [0.2, 0.25) is 5.88 Å². The molecule has 0 amide bonds. The van der Waals surface area contributed by atoms with Gasteiger partial charge in [0.1, 0.15) is 0 Å². The van der Waals surface area contributed by atoms with Crippen LogP contribution in [0.5, 0.6) is 5.88 Å². The number of hydrogen-bond acceptors (Lipinski definition) is 5. The van der Waals surface area contributed by atoms with Gasteiger partial charge in [-0.25, -0.2) is 4.98 Å². The predicted octanol–water partition coefficient (Wildman–Crippen LogP) is 0.758. The molecule has 102 valence electrons. The lowest BCUT2D eigenvalue weighted by atomic mass is 10.2. The van der Waals surface area contributed by atoms with Crippen LogP contribution >= 0.6 is 0 Å². The fraction of sp³-hybridized carbons (Fsp3) is 0.615. The van der Waals surface area contributed by atoms with Crippen molar-refractivity contribution in [3.8, 4) is 5.88 Å². The maximum absolute atomic E-state index is 5.49. The van der Waals surface area contributed by atoms with E-state index in [0.717, 1.165) is 38.4 Å². The summed E-state index contributed by atoms with van der Waals surface area (Å²) in [5.74, 6) is 0.679. The van der Waals surface area contributed by atoms with Crippen molar-refractivity contribution in [2.24, 2.45) is 0 Å². The van der Waals surface area contributed by atoms with E-state index in [-0.39, 0.29) is 0 Å². The summed E-state index contributed by atoms with van der Waals surface area (Å²) in [5.41, 5.74) is 1.06. The van der Waals surface area contributed by atoms with E-state index in [9.17, 15) is 0 Å². The molecule has 1 heterocycles. The molecule has 0 aliphatic rings. The van der Waals surface area contributed by atoms with Crippen LogP contribution in [0.3, 0.4) is 0 Å². The van der Waals surface area contributed by atoms with E-state index in [1.807, 2.05) is 26.2 Å². The molecule has 5 nitrogen and oxygen atoms in total. The Morgan fingerprint density at radius 1 is 1.33 bits per heavy atom. The Kier molecular flexibility index (Phi) is 7.32. The van der Waals surface area contributed by atoms with Crippen molar-refractivity contribution in [2.75, 3.05) is 47.5 Å². The van der Waals surface area contributed by atoms with Crippen LogP contribution in [0, 0.1) is 0 Å². The Hall–Kier alpha value is -1.17. The second kappa shape index (κ2) is 8.85. The molecule has 0 aliphatic carbocycles. The molecule has 0 aromatic carbocycles. The number of rotatable bonds is 9. The lowest BCUT2D eigenvalue weighted by molar-refractivity contribution is 0.119. The molecule has 1 aromatic heterocycles. The van der Waals surface area contributed by atoms with Gasteiger partial charge in [0.15, 0.2) is 0 Å². The number of pyridine rings is 1. The fourth-order valence-corrected chi connectivity index (χ4v) is 1.46. The van der Waals surface area contributed by atoms with Crippen LogP contribution < -0.4 is 10.1 Å². The fourth-order valence-electron chi connectivity index (χ4n) is 1.46. The van der Waals surface area contributed by atoms with Gasteiger partial charge in [-0.15, -0.1) is 0 Å². The number of likely N-dealkylation sites (N-methyl/N-ethyl adjacent to an activating group) is 1. The quantitative estimate of drug-likeness (QED) is 0.658. The summed E-state index contributed by atoms with van der Waals surface area (Å²) in [6.07, 6.45) is 1.73. The largest absolute Gasteiger partial charge is 0.481 e. The van der Waals surface area contributed by atoms with Crippen LogP contribution in [0.15, 0.2) is 18.3 Å². The zero-order valence-electron chi connectivity index (χ0n) is 11.5. The lowest BCUT2D eigenvalue weighted by Gasteiger charge is -2.11. The number of nitrogens with zero attached hydrogens (tertiary/aromatic N) is 2. The SMILES string of the molecule is COc1ncccc1CNCCOCCN(C)C. The van der Waals surface area contributed by atoms with Crippen molar-refractivity contribution in [1.82, 2.24) is 15.2 Å². The Morgan fingerprint density at radius 2 is 2.17 bits per heavy atom. The smallest absolute Gasteiger partial charge is 0.217 e. The summed E-state index contributed by atoms with van der Waals surface area (Å²) in [6.45, 7) is 4.01. The Labute approximate surface area is 109 Å². The molecule has 18 heavy (non-hydrogen) atoms. The molecule has 1 aromatic rings. The van der Waals surface area contributed by atoms with E-state index in [2.05, 4.69) is 15.2 Å². The van der Waals surface area contributed by atoms with Gasteiger partial charge in [0.25, 0.3) is 0 Å². The molecular weight excluding hydrogens is 230 g/mol. The van der Waals surface area contributed by atoms with Crippen molar-refractivity contribution in [2.45, 2.75) is 6.54 Å². The van der Waals surface area contributed by atoms with Gasteiger partial charge in [-0.3, -0.25) is 0 Å². The highest BCUT2D eigenvalue weighted by molar-refractivity contribution is 5.24. The van der Waals surface area contributed by atoms with Crippen LogP contribution in [0.1, 0.15) is 5.56 Å². The average Bonchev–Trinajstić information content (AvgIpc) is 2.37. The normalized spacial score (nSPS) is 10.9. The summed E-state index contributed by atoms with van der Waals surface area (Å²) in [7, 11) is 5.71. The van der Waals surface area contributed by atoms with E-state index in [4.69, 9.17) is 9.47 Å². The summed E-state index contributed by atoms with van der Waals surface area (Å²) in [6, 6.07) is 3.92. The van der Waals surface area contributed by atoms with Gasteiger partial charge in [-0.1, -0.05) is 6.07 Å². The monoisotopic (exact) mass is 253 g/mol. The molecule has 0 atom stereocenters. The molecule has 0 radical (unpaired) electrons. The minimum atomic E-state index is 0.679. The highest BCUT2D eigenvalue weighted by Crippen LogP contribution is 2.12. The molecule has 0 bridgehead atoms. The van der Waals surface area contributed by atoms with E-state index >= 15 is 0 Å². The third-order valence-corrected chi connectivity index (χ3v) is 2.46. The van der Waals surface area contributed by atoms with Gasteiger partial charge in [-0.05, 0) is 20.2 Å². The molecule has 0 saturated heterocycles. The maximum atomic E-state index is 5.49. The molecule has 5 heteroatoms. The zero-order chi connectivity index (χ0) is 13.2. The summed E-state index contributed by atoms with van der Waals surface area (Å²) >= 11 is 0. The number of ether oxygens (including phenoxy) is 2. The summed E-state index contributed by atoms with van der Waals surface area (Å²) in [4.78, 5) is 6.25. The van der Waals surface area contributed by atoms with Crippen LogP contribution in [0.2, 0.25) is 0 Å². The zero-order valence-corrected chi connectivity index (χ0v) is 11.5. The minimum absolute atomic E-state index is 0.679. The Bertz CT molecular complexity index is 332. The van der Waals surface area contributed by atoms with Gasteiger partial charge < -0.3 is 19.7 Å². The van der Waals surface area contributed by atoms with Crippen LogP contribution in [0.4, 0.5) is 0 Å². The maximum Gasteiger partial charge on any atom is 0.217 e. The number of nitrogens with one attached hydrogen (secondary N) is 1. The number of hydrogen-bond donors (Lipinski definition) is 1. The standard InChI is InChI=1S/C13H23N3O2/c1-16(2)8-10-18-9-7-14-11-12-5-4-6-15-13(12)17-3/h4-6,14H,7-11H2,1-3H3. The van der Waals surface area contributed by atoms with E-state index in [1.165, 1.54) is 0 Å². The first-order valence-electron chi connectivity index (χ1n) is 6.15. The predicted molar refractivity (Wildman–Crippen MR) is 71.9 cm³/mol. The molecule has 0 aliphatic heterocycles. The van der Waals surface area contributed by atoms with Crippen LogP contribution in [-0.4, -0.2) is 57.4 Å². The van der Waals surface area contributed by atoms with Crippen molar-refractivity contribution >= 4 is 0 Å². The average molecular weight is 253 g/mol. The first-order valence-corrected chi connectivity index (χ1v) is 6.15.